The molecule has 22 heavy (non-hydrogen) atoms. The predicted molar refractivity (Wildman–Crippen MR) is 80.3 cm³/mol. The quantitative estimate of drug-likeness (QED) is 0.912. The fraction of sp³-hybridized carbons (Fsp3) is 0.278. The van der Waals surface area contributed by atoms with E-state index in [1.54, 1.807) is 6.92 Å². The van der Waals surface area contributed by atoms with Crippen LogP contribution in [0.2, 0.25) is 0 Å². The van der Waals surface area contributed by atoms with Crippen LogP contribution in [0.25, 0.3) is 0 Å². The highest BCUT2D eigenvalue weighted by Gasteiger charge is 2.51. The van der Waals surface area contributed by atoms with Gasteiger partial charge in [0.1, 0.15) is 11.6 Å². The Hall–Kier alpha value is -2.23. The zero-order chi connectivity index (χ0) is 15.7. The summed E-state index contributed by atoms with van der Waals surface area (Å²) in [5.41, 5.74) is 0.782. The van der Waals surface area contributed by atoms with Crippen LogP contribution in [0.5, 0.6) is 0 Å². The van der Waals surface area contributed by atoms with E-state index >= 15 is 0 Å². The molecule has 1 saturated carbocycles. The first-order valence-corrected chi connectivity index (χ1v) is 7.34. The maximum atomic E-state index is 13.8. The summed E-state index contributed by atoms with van der Waals surface area (Å²) >= 11 is 0. The Balaban J connectivity index is 1.77. The van der Waals surface area contributed by atoms with Gasteiger partial charge in [-0.25, -0.2) is 8.78 Å². The average molecular weight is 301 g/mol. The molecule has 1 N–H and O–H groups in total. The van der Waals surface area contributed by atoms with E-state index in [0.29, 0.717) is 5.56 Å². The predicted octanol–water partition coefficient (Wildman–Crippen LogP) is 3.87. The first kappa shape index (κ1) is 14.7. The maximum absolute atomic E-state index is 13.8. The van der Waals surface area contributed by atoms with Crippen molar-refractivity contribution in [1.29, 1.82) is 0 Å². The number of nitrogens with one attached hydrogen (secondary N) is 1. The number of rotatable bonds is 4. The summed E-state index contributed by atoms with van der Waals surface area (Å²) in [6.07, 6.45) is 1.59. The maximum Gasteiger partial charge on any atom is 0.231 e. The minimum absolute atomic E-state index is 0.102. The summed E-state index contributed by atoms with van der Waals surface area (Å²) in [6.45, 7) is 1.70. The zero-order valence-electron chi connectivity index (χ0n) is 12.3. The molecule has 1 aliphatic rings. The Morgan fingerprint density at radius 3 is 2.41 bits per heavy atom. The molecule has 0 aliphatic heterocycles. The van der Waals surface area contributed by atoms with E-state index in [9.17, 15) is 13.6 Å². The molecule has 0 spiro atoms. The Morgan fingerprint density at radius 1 is 1.14 bits per heavy atom. The number of carbonyl (C=O) groups is 1. The van der Waals surface area contributed by atoms with Crippen molar-refractivity contribution in [2.24, 2.45) is 0 Å². The van der Waals surface area contributed by atoms with E-state index in [4.69, 9.17) is 0 Å². The lowest BCUT2D eigenvalue weighted by Gasteiger charge is -2.20. The summed E-state index contributed by atoms with van der Waals surface area (Å²) in [7, 11) is 0. The van der Waals surface area contributed by atoms with Crippen molar-refractivity contribution in [2.45, 2.75) is 31.2 Å². The standard InChI is InChI=1S/C18H17F2NO/c1-12(15-8-7-14(19)11-16(15)20)21-17(22)18(9-10-18)13-5-3-2-4-6-13/h2-8,11-12H,9-10H2,1H3,(H,21,22). The number of benzene rings is 2. The highest BCUT2D eigenvalue weighted by Crippen LogP contribution is 2.48. The molecule has 2 nitrogen and oxygen atoms in total. The van der Waals surface area contributed by atoms with Crippen LogP contribution in [0.3, 0.4) is 0 Å². The van der Waals surface area contributed by atoms with Crippen LogP contribution in [-0.2, 0) is 10.2 Å². The number of amides is 1. The van der Waals surface area contributed by atoms with Gasteiger partial charge in [-0.1, -0.05) is 36.4 Å². The van der Waals surface area contributed by atoms with Crippen LogP contribution in [0.15, 0.2) is 48.5 Å². The normalized spacial score (nSPS) is 16.9. The first-order valence-electron chi connectivity index (χ1n) is 7.34. The molecule has 1 amide bonds. The van der Waals surface area contributed by atoms with Gasteiger partial charge in [-0.05, 0) is 31.4 Å². The van der Waals surface area contributed by atoms with Gasteiger partial charge in [0, 0.05) is 11.6 Å². The van der Waals surface area contributed by atoms with E-state index in [-0.39, 0.29) is 5.91 Å². The third kappa shape index (κ3) is 2.61. The number of halogens is 2. The van der Waals surface area contributed by atoms with Crippen molar-refractivity contribution in [3.63, 3.8) is 0 Å². The smallest absolute Gasteiger partial charge is 0.231 e. The second-order valence-electron chi connectivity index (χ2n) is 5.81. The summed E-state index contributed by atoms with van der Waals surface area (Å²) in [4.78, 5) is 12.6. The second-order valence-corrected chi connectivity index (χ2v) is 5.81. The van der Waals surface area contributed by atoms with Gasteiger partial charge in [0.2, 0.25) is 5.91 Å². The van der Waals surface area contributed by atoms with Crippen molar-refractivity contribution >= 4 is 5.91 Å². The summed E-state index contributed by atoms with van der Waals surface area (Å²) in [6, 6.07) is 12.5. The van der Waals surface area contributed by atoms with Crippen molar-refractivity contribution in [3.8, 4) is 0 Å². The monoisotopic (exact) mass is 301 g/mol. The molecule has 114 valence electrons. The highest BCUT2D eigenvalue weighted by molar-refractivity contribution is 5.91. The van der Waals surface area contributed by atoms with Crippen molar-refractivity contribution in [2.75, 3.05) is 0 Å². The summed E-state index contributed by atoms with van der Waals surface area (Å²) < 4.78 is 26.8. The van der Waals surface area contributed by atoms with E-state index in [1.165, 1.54) is 12.1 Å². The van der Waals surface area contributed by atoms with Gasteiger partial charge >= 0.3 is 0 Å². The van der Waals surface area contributed by atoms with Crippen LogP contribution in [0.1, 0.15) is 36.9 Å². The Kier molecular flexibility index (Phi) is 3.69. The third-order valence-corrected chi connectivity index (χ3v) is 4.29. The van der Waals surface area contributed by atoms with Gasteiger partial charge in [0.25, 0.3) is 0 Å². The van der Waals surface area contributed by atoms with Crippen LogP contribution in [-0.4, -0.2) is 5.91 Å². The minimum atomic E-state index is -0.641. The van der Waals surface area contributed by atoms with Crippen molar-refractivity contribution in [3.05, 3.63) is 71.3 Å². The molecule has 1 unspecified atom stereocenters. The molecule has 1 fully saturated rings. The fourth-order valence-electron chi connectivity index (χ4n) is 2.79. The van der Waals surface area contributed by atoms with Crippen LogP contribution < -0.4 is 5.32 Å². The molecule has 0 bridgehead atoms. The van der Waals surface area contributed by atoms with Gasteiger partial charge in [0.15, 0.2) is 0 Å². The number of hydrogen-bond donors (Lipinski definition) is 1. The molecule has 0 aromatic heterocycles. The van der Waals surface area contributed by atoms with E-state index < -0.39 is 23.1 Å². The molecule has 2 aromatic carbocycles. The lowest BCUT2D eigenvalue weighted by atomic mass is 9.94. The molecular weight excluding hydrogens is 284 g/mol. The van der Waals surface area contributed by atoms with Crippen LogP contribution in [0, 0.1) is 11.6 Å². The van der Waals surface area contributed by atoms with Crippen molar-refractivity contribution < 1.29 is 13.6 Å². The molecule has 3 rings (SSSR count). The Bertz CT molecular complexity index is 695. The Morgan fingerprint density at radius 2 is 1.82 bits per heavy atom. The SMILES string of the molecule is CC(NC(=O)C1(c2ccccc2)CC1)c1ccc(F)cc1F. The number of carbonyl (C=O) groups excluding carboxylic acids is 1. The fourth-order valence-corrected chi connectivity index (χ4v) is 2.79. The summed E-state index contributed by atoms with van der Waals surface area (Å²) in [5.74, 6) is -1.37. The lowest BCUT2D eigenvalue weighted by Crippen LogP contribution is -2.36. The van der Waals surface area contributed by atoms with Crippen molar-refractivity contribution in [1.82, 2.24) is 5.32 Å². The molecule has 0 saturated heterocycles. The topological polar surface area (TPSA) is 29.1 Å². The van der Waals surface area contributed by atoms with Gasteiger partial charge in [-0.2, -0.15) is 0 Å². The van der Waals surface area contributed by atoms with Gasteiger partial charge < -0.3 is 5.32 Å². The molecule has 0 radical (unpaired) electrons. The third-order valence-electron chi connectivity index (χ3n) is 4.29. The van der Waals surface area contributed by atoms with Crippen LogP contribution in [0.4, 0.5) is 8.78 Å². The van der Waals surface area contributed by atoms with Gasteiger partial charge in [0.05, 0.1) is 11.5 Å². The Labute approximate surface area is 128 Å². The largest absolute Gasteiger partial charge is 0.349 e. The van der Waals surface area contributed by atoms with Gasteiger partial charge in [-0.15, -0.1) is 0 Å². The summed E-state index contributed by atoms with van der Waals surface area (Å²) in [5, 5.41) is 2.86. The molecule has 1 aliphatic carbocycles. The zero-order valence-corrected chi connectivity index (χ0v) is 12.3. The first-order chi connectivity index (χ1) is 10.5. The second kappa shape index (κ2) is 5.52. The van der Waals surface area contributed by atoms with E-state index in [2.05, 4.69) is 5.32 Å². The molecule has 4 heteroatoms. The molecule has 2 aromatic rings. The highest BCUT2D eigenvalue weighted by atomic mass is 19.1. The van der Waals surface area contributed by atoms with E-state index in [1.807, 2.05) is 30.3 Å². The van der Waals surface area contributed by atoms with E-state index in [0.717, 1.165) is 24.5 Å². The average Bonchev–Trinajstić information content (AvgIpc) is 3.29. The lowest BCUT2D eigenvalue weighted by molar-refractivity contribution is -0.124. The minimum Gasteiger partial charge on any atom is -0.349 e. The number of hydrogen-bond acceptors (Lipinski definition) is 1. The molecule has 1 atom stereocenters. The van der Waals surface area contributed by atoms with Crippen LogP contribution >= 0.6 is 0 Å². The molecular formula is C18H17F2NO. The van der Waals surface area contributed by atoms with Gasteiger partial charge in [-0.3, -0.25) is 4.79 Å². The molecule has 0 heterocycles.